The van der Waals surface area contributed by atoms with Crippen LogP contribution in [-0.2, 0) is 16.4 Å². The van der Waals surface area contributed by atoms with E-state index in [0.29, 0.717) is 17.3 Å². The Balaban J connectivity index is 1.42. The molecule has 158 valence electrons. The van der Waals surface area contributed by atoms with Crippen molar-refractivity contribution in [3.8, 4) is 11.4 Å². The zero-order chi connectivity index (χ0) is 21.3. The normalized spacial score (nSPS) is 16.1. The summed E-state index contributed by atoms with van der Waals surface area (Å²) in [6.07, 6.45) is 2.92. The van der Waals surface area contributed by atoms with Gasteiger partial charge in [-0.2, -0.15) is 4.98 Å². The van der Waals surface area contributed by atoms with Crippen molar-refractivity contribution in [3.05, 3.63) is 65.3 Å². The Kier molecular flexibility index (Phi) is 5.71. The maximum absolute atomic E-state index is 13.5. The number of aryl methyl sites for hydroxylation is 1. The van der Waals surface area contributed by atoms with Gasteiger partial charge < -0.3 is 4.52 Å². The van der Waals surface area contributed by atoms with Gasteiger partial charge in [-0.3, -0.25) is 4.90 Å². The van der Waals surface area contributed by atoms with E-state index in [1.165, 1.54) is 12.3 Å². The lowest BCUT2D eigenvalue weighted by atomic mass is 9.96. The maximum Gasteiger partial charge on any atom is 0.230 e. The molecule has 0 N–H and O–H groups in total. The van der Waals surface area contributed by atoms with Crippen molar-refractivity contribution in [2.24, 2.45) is 0 Å². The van der Waals surface area contributed by atoms with Crippen LogP contribution in [0.25, 0.3) is 11.4 Å². The number of rotatable bonds is 5. The summed E-state index contributed by atoms with van der Waals surface area (Å²) in [4.78, 5) is 7.06. The van der Waals surface area contributed by atoms with E-state index in [4.69, 9.17) is 4.52 Å². The SMILES string of the molecule is Cc1ccc(F)cc1CN1CCC(c2nc(-c3cccc(S(C)(=O)=O)c3)no2)CC1. The van der Waals surface area contributed by atoms with E-state index in [9.17, 15) is 12.8 Å². The first-order valence-electron chi connectivity index (χ1n) is 9.91. The summed E-state index contributed by atoms with van der Waals surface area (Å²) in [5, 5.41) is 4.06. The number of benzene rings is 2. The minimum atomic E-state index is -3.30. The van der Waals surface area contributed by atoms with Gasteiger partial charge in [-0.05, 0) is 68.2 Å². The van der Waals surface area contributed by atoms with Crippen LogP contribution in [0.2, 0.25) is 0 Å². The van der Waals surface area contributed by atoms with Gasteiger partial charge in [0.2, 0.25) is 11.7 Å². The minimum Gasteiger partial charge on any atom is -0.339 e. The molecular formula is C22H24FN3O3S. The van der Waals surface area contributed by atoms with Crippen LogP contribution in [0.15, 0.2) is 51.9 Å². The Morgan fingerprint density at radius 3 is 2.67 bits per heavy atom. The highest BCUT2D eigenvalue weighted by Gasteiger charge is 2.26. The standard InChI is InChI=1S/C22H24FN3O3S/c1-15-6-7-19(23)12-18(15)14-26-10-8-16(9-11-26)22-24-21(25-29-22)17-4-3-5-20(13-17)30(2,27)28/h3-7,12-13,16H,8-11,14H2,1-2H3. The molecule has 1 aliphatic heterocycles. The molecule has 4 rings (SSSR count). The lowest BCUT2D eigenvalue weighted by molar-refractivity contribution is 0.187. The van der Waals surface area contributed by atoms with Gasteiger partial charge in [0.1, 0.15) is 5.82 Å². The highest BCUT2D eigenvalue weighted by molar-refractivity contribution is 7.90. The number of piperidine rings is 1. The van der Waals surface area contributed by atoms with Crippen LogP contribution in [0.3, 0.4) is 0 Å². The zero-order valence-electron chi connectivity index (χ0n) is 17.0. The number of hydrogen-bond donors (Lipinski definition) is 0. The average Bonchev–Trinajstić information content (AvgIpc) is 3.21. The van der Waals surface area contributed by atoms with Crippen LogP contribution in [0, 0.1) is 12.7 Å². The molecule has 3 aromatic rings. The molecule has 8 heteroatoms. The molecule has 0 spiro atoms. The second-order valence-corrected chi connectivity index (χ2v) is 9.89. The topological polar surface area (TPSA) is 76.3 Å². The van der Waals surface area contributed by atoms with Crippen LogP contribution in [-0.4, -0.2) is 42.8 Å². The maximum atomic E-state index is 13.5. The molecule has 0 saturated carbocycles. The first kappa shape index (κ1) is 20.7. The Labute approximate surface area is 175 Å². The van der Waals surface area contributed by atoms with Crippen LogP contribution < -0.4 is 0 Å². The van der Waals surface area contributed by atoms with E-state index in [-0.39, 0.29) is 16.6 Å². The minimum absolute atomic E-state index is 0.161. The second kappa shape index (κ2) is 8.28. The highest BCUT2D eigenvalue weighted by Crippen LogP contribution is 2.30. The number of halogens is 1. The summed E-state index contributed by atoms with van der Waals surface area (Å²) in [5.41, 5.74) is 2.72. The van der Waals surface area contributed by atoms with Crippen molar-refractivity contribution in [1.82, 2.24) is 15.0 Å². The average molecular weight is 430 g/mol. The molecule has 0 bridgehead atoms. The molecule has 1 saturated heterocycles. The summed E-state index contributed by atoms with van der Waals surface area (Å²) < 4.78 is 42.6. The van der Waals surface area contributed by atoms with E-state index in [1.807, 2.05) is 13.0 Å². The number of sulfone groups is 1. The smallest absolute Gasteiger partial charge is 0.230 e. The van der Waals surface area contributed by atoms with E-state index in [1.54, 1.807) is 30.3 Å². The third-order valence-corrected chi connectivity index (χ3v) is 6.71. The van der Waals surface area contributed by atoms with Crippen molar-refractivity contribution in [2.45, 2.75) is 37.1 Å². The summed E-state index contributed by atoms with van der Waals surface area (Å²) in [6, 6.07) is 11.5. The molecule has 0 unspecified atom stereocenters. The molecular weight excluding hydrogens is 405 g/mol. The predicted molar refractivity (Wildman–Crippen MR) is 111 cm³/mol. The van der Waals surface area contributed by atoms with E-state index in [2.05, 4.69) is 15.0 Å². The van der Waals surface area contributed by atoms with Crippen molar-refractivity contribution in [2.75, 3.05) is 19.3 Å². The summed E-state index contributed by atoms with van der Waals surface area (Å²) in [7, 11) is -3.30. The lowest BCUT2D eigenvalue weighted by Gasteiger charge is -2.30. The molecule has 2 aromatic carbocycles. The first-order valence-corrected chi connectivity index (χ1v) is 11.8. The van der Waals surface area contributed by atoms with E-state index in [0.717, 1.165) is 43.6 Å². The highest BCUT2D eigenvalue weighted by atomic mass is 32.2. The third-order valence-electron chi connectivity index (χ3n) is 5.60. The second-order valence-electron chi connectivity index (χ2n) is 7.88. The molecule has 30 heavy (non-hydrogen) atoms. The van der Waals surface area contributed by atoms with Crippen LogP contribution in [0.5, 0.6) is 0 Å². The fourth-order valence-electron chi connectivity index (χ4n) is 3.77. The molecule has 1 aliphatic rings. The fraction of sp³-hybridized carbons (Fsp3) is 0.364. The molecule has 0 aliphatic carbocycles. The van der Waals surface area contributed by atoms with Gasteiger partial charge in [-0.15, -0.1) is 0 Å². The Morgan fingerprint density at radius 1 is 1.17 bits per heavy atom. The van der Waals surface area contributed by atoms with Crippen molar-refractivity contribution in [3.63, 3.8) is 0 Å². The van der Waals surface area contributed by atoms with Gasteiger partial charge in [-0.25, -0.2) is 12.8 Å². The number of likely N-dealkylation sites (tertiary alicyclic amines) is 1. The third kappa shape index (κ3) is 4.60. The quantitative estimate of drug-likeness (QED) is 0.611. The Morgan fingerprint density at radius 2 is 1.93 bits per heavy atom. The van der Waals surface area contributed by atoms with Gasteiger partial charge in [0.05, 0.1) is 4.90 Å². The Bertz CT molecular complexity index is 1150. The lowest BCUT2D eigenvalue weighted by Crippen LogP contribution is -2.32. The van der Waals surface area contributed by atoms with Gasteiger partial charge in [0.25, 0.3) is 0 Å². The van der Waals surface area contributed by atoms with Crippen molar-refractivity contribution in [1.29, 1.82) is 0 Å². The monoisotopic (exact) mass is 429 g/mol. The zero-order valence-corrected chi connectivity index (χ0v) is 17.8. The van der Waals surface area contributed by atoms with Crippen molar-refractivity contribution >= 4 is 9.84 Å². The number of nitrogens with zero attached hydrogens (tertiary/aromatic N) is 3. The summed E-state index contributed by atoms with van der Waals surface area (Å²) in [6.45, 7) is 4.45. The van der Waals surface area contributed by atoms with E-state index >= 15 is 0 Å². The fourth-order valence-corrected chi connectivity index (χ4v) is 4.44. The van der Waals surface area contributed by atoms with Crippen LogP contribution in [0.4, 0.5) is 4.39 Å². The van der Waals surface area contributed by atoms with Gasteiger partial charge in [-0.1, -0.05) is 23.4 Å². The molecule has 0 radical (unpaired) electrons. The largest absolute Gasteiger partial charge is 0.339 e. The van der Waals surface area contributed by atoms with Gasteiger partial charge in [0.15, 0.2) is 9.84 Å². The van der Waals surface area contributed by atoms with Crippen LogP contribution in [0.1, 0.15) is 35.8 Å². The molecule has 6 nitrogen and oxygen atoms in total. The first-order chi connectivity index (χ1) is 14.3. The summed E-state index contributed by atoms with van der Waals surface area (Å²) in [5.74, 6) is 0.933. The van der Waals surface area contributed by atoms with E-state index < -0.39 is 9.84 Å². The Hall–Kier alpha value is -2.58. The van der Waals surface area contributed by atoms with Crippen molar-refractivity contribution < 1.29 is 17.3 Å². The number of aromatic nitrogens is 2. The number of hydrogen-bond acceptors (Lipinski definition) is 6. The van der Waals surface area contributed by atoms with Gasteiger partial charge >= 0.3 is 0 Å². The van der Waals surface area contributed by atoms with Gasteiger partial charge in [0, 0.05) is 24.3 Å². The molecule has 1 fully saturated rings. The molecule has 2 heterocycles. The molecule has 1 aromatic heterocycles. The molecule has 0 amide bonds. The summed E-state index contributed by atoms with van der Waals surface area (Å²) >= 11 is 0. The predicted octanol–water partition coefficient (Wildman–Crippen LogP) is 3.97. The van der Waals surface area contributed by atoms with Crippen LogP contribution >= 0.6 is 0 Å². The molecule has 0 atom stereocenters.